The number of benzene rings is 2. The van der Waals surface area contributed by atoms with Crippen LogP contribution in [0.5, 0.6) is 17.4 Å². The SMILES string of the molecule is CCOC(=O)Oc1cc2cc(OCc3oc4cccc(OCCCNCc5cccnc5)c4c3C)ccc2o1. The molecule has 9 nitrogen and oxygen atoms in total. The van der Waals surface area contributed by atoms with Gasteiger partial charge in [0.25, 0.3) is 5.95 Å². The monoisotopic (exact) mass is 530 g/mol. The van der Waals surface area contributed by atoms with Crippen LogP contribution < -0.4 is 19.5 Å². The fourth-order valence-corrected chi connectivity index (χ4v) is 4.20. The van der Waals surface area contributed by atoms with Crippen LogP contribution in [0.2, 0.25) is 0 Å². The molecule has 202 valence electrons. The summed E-state index contributed by atoms with van der Waals surface area (Å²) in [6, 6.07) is 16.8. The maximum Gasteiger partial charge on any atom is 0.516 e. The molecule has 3 heterocycles. The van der Waals surface area contributed by atoms with E-state index in [-0.39, 0.29) is 19.2 Å². The number of rotatable bonds is 12. The second-order valence-corrected chi connectivity index (χ2v) is 8.86. The number of nitrogens with one attached hydrogen (secondary N) is 1. The molecule has 0 aliphatic carbocycles. The van der Waals surface area contributed by atoms with Crippen LogP contribution in [0.1, 0.15) is 30.2 Å². The topological polar surface area (TPSA) is 105 Å². The van der Waals surface area contributed by atoms with E-state index in [1.807, 2.05) is 43.5 Å². The zero-order valence-electron chi connectivity index (χ0n) is 21.9. The number of aryl methyl sites for hydroxylation is 1. The molecule has 0 atom stereocenters. The fraction of sp³-hybridized carbons (Fsp3) is 0.267. The predicted octanol–water partition coefficient (Wildman–Crippen LogP) is 6.56. The van der Waals surface area contributed by atoms with Gasteiger partial charge >= 0.3 is 6.16 Å². The second kappa shape index (κ2) is 12.4. The number of fused-ring (bicyclic) bond motifs is 2. The Balaban J connectivity index is 1.17. The van der Waals surface area contributed by atoms with Crippen molar-refractivity contribution in [2.45, 2.75) is 33.4 Å². The molecule has 39 heavy (non-hydrogen) atoms. The Morgan fingerprint density at radius 1 is 1.03 bits per heavy atom. The molecule has 3 aromatic heterocycles. The number of nitrogens with zero attached hydrogens (tertiary/aromatic N) is 1. The highest BCUT2D eigenvalue weighted by molar-refractivity contribution is 5.88. The van der Waals surface area contributed by atoms with Gasteiger partial charge in [0.05, 0.1) is 18.6 Å². The molecule has 0 fully saturated rings. The van der Waals surface area contributed by atoms with Gasteiger partial charge in [0.2, 0.25) is 0 Å². The molecule has 2 aromatic carbocycles. The van der Waals surface area contributed by atoms with Crippen LogP contribution in [0.3, 0.4) is 0 Å². The first kappa shape index (κ1) is 26.1. The van der Waals surface area contributed by atoms with E-state index < -0.39 is 6.16 Å². The zero-order valence-corrected chi connectivity index (χ0v) is 21.9. The molecule has 0 aliphatic heterocycles. The number of hydrogen-bond donors (Lipinski definition) is 1. The van der Waals surface area contributed by atoms with Gasteiger partial charge < -0.3 is 33.1 Å². The van der Waals surface area contributed by atoms with Crippen molar-refractivity contribution in [3.63, 3.8) is 0 Å². The van der Waals surface area contributed by atoms with Gasteiger partial charge in [-0.25, -0.2) is 4.79 Å². The van der Waals surface area contributed by atoms with Gasteiger partial charge in [-0.1, -0.05) is 12.1 Å². The number of carbonyl (C=O) groups is 1. The Kier molecular flexibility index (Phi) is 8.28. The Bertz CT molecular complexity index is 1540. The number of furan rings is 2. The van der Waals surface area contributed by atoms with Gasteiger partial charge in [0, 0.05) is 36.0 Å². The molecule has 0 bridgehead atoms. The average Bonchev–Trinajstić information content (AvgIpc) is 3.49. The molecule has 9 heteroatoms. The summed E-state index contributed by atoms with van der Waals surface area (Å²) in [5.74, 6) is 2.20. The maximum absolute atomic E-state index is 11.5. The first-order chi connectivity index (χ1) is 19.1. The van der Waals surface area contributed by atoms with Crippen molar-refractivity contribution < 1.29 is 32.6 Å². The summed E-state index contributed by atoms with van der Waals surface area (Å²) >= 11 is 0. The van der Waals surface area contributed by atoms with E-state index in [1.165, 1.54) is 0 Å². The van der Waals surface area contributed by atoms with Crippen molar-refractivity contribution in [2.24, 2.45) is 0 Å². The highest BCUT2D eigenvalue weighted by Crippen LogP contribution is 2.34. The lowest BCUT2D eigenvalue weighted by Gasteiger charge is -2.09. The summed E-state index contributed by atoms with van der Waals surface area (Å²) in [4.78, 5) is 15.7. The van der Waals surface area contributed by atoms with Crippen molar-refractivity contribution in [1.82, 2.24) is 10.3 Å². The first-order valence-corrected chi connectivity index (χ1v) is 12.8. The van der Waals surface area contributed by atoms with Crippen LogP contribution in [0.15, 0.2) is 75.8 Å². The van der Waals surface area contributed by atoms with Crippen LogP contribution in [-0.2, 0) is 17.9 Å². The van der Waals surface area contributed by atoms with Gasteiger partial charge in [-0.15, -0.1) is 0 Å². The molecule has 0 saturated heterocycles. The molecular weight excluding hydrogens is 500 g/mol. The first-order valence-electron chi connectivity index (χ1n) is 12.8. The van der Waals surface area contributed by atoms with Gasteiger partial charge in [0.15, 0.2) is 0 Å². The Morgan fingerprint density at radius 2 is 1.95 bits per heavy atom. The molecule has 5 aromatic rings. The summed E-state index contributed by atoms with van der Waals surface area (Å²) in [5.41, 5.74) is 3.45. The van der Waals surface area contributed by atoms with Crippen LogP contribution >= 0.6 is 0 Å². The number of ether oxygens (including phenoxy) is 4. The Morgan fingerprint density at radius 3 is 2.79 bits per heavy atom. The molecular formula is C30H30N2O7. The lowest BCUT2D eigenvalue weighted by molar-refractivity contribution is 0.0957. The number of carbonyl (C=O) groups excluding carboxylic acids is 1. The minimum atomic E-state index is -0.811. The van der Waals surface area contributed by atoms with E-state index in [2.05, 4.69) is 16.4 Å². The van der Waals surface area contributed by atoms with E-state index >= 15 is 0 Å². The Hall–Kier alpha value is -4.50. The largest absolute Gasteiger partial charge is 0.516 e. The van der Waals surface area contributed by atoms with Gasteiger partial charge in [0.1, 0.15) is 35.0 Å². The molecule has 0 unspecified atom stereocenters. The lowest BCUT2D eigenvalue weighted by Crippen LogP contribution is -2.17. The van der Waals surface area contributed by atoms with Crippen molar-refractivity contribution in [3.05, 3.63) is 83.9 Å². The number of pyridine rings is 1. The van der Waals surface area contributed by atoms with Crippen LogP contribution in [0.4, 0.5) is 4.79 Å². The van der Waals surface area contributed by atoms with Crippen molar-refractivity contribution in [1.29, 1.82) is 0 Å². The zero-order chi connectivity index (χ0) is 27.0. The quantitative estimate of drug-likeness (QED) is 0.142. The normalized spacial score (nSPS) is 11.1. The highest BCUT2D eigenvalue weighted by Gasteiger charge is 2.16. The van der Waals surface area contributed by atoms with Gasteiger partial charge in [-0.2, -0.15) is 0 Å². The third kappa shape index (κ3) is 6.50. The van der Waals surface area contributed by atoms with Crippen molar-refractivity contribution >= 4 is 28.1 Å². The third-order valence-corrected chi connectivity index (χ3v) is 6.10. The maximum atomic E-state index is 11.5. The summed E-state index contributed by atoms with van der Waals surface area (Å²) in [5, 5.41) is 5.09. The summed E-state index contributed by atoms with van der Waals surface area (Å²) in [6.07, 6.45) is 3.69. The van der Waals surface area contributed by atoms with Crippen LogP contribution in [-0.4, -0.2) is 30.9 Å². The lowest BCUT2D eigenvalue weighted by atomic mass is 10.1. The molecule has 1 N–H and O–H groups in total. The molecule has 0 amide bonds. The molecule has 0 saturated carbocycles. The molecule has 0 aliphatic rings. The second-order valence-electron chi connectivity index (χ2n) is 8.86. The smallest absolute Gasteiger partial charge is 0.493 e. The van der Waals surface area contributed by atoms with E-state index in [4.69, 9.17) is 27.8 Å². The number of hydrogen-bond acceptors (Lipinski definition) is 9. The molecule has 0 radical (unpaired) electrons. The summed E-state index contributed by atoms with van der Waals surface area (Å²) < 4.78 is 33.6. The van der Waals surface area contributed by atoms with Crippen LogP contribution in [0.25, 0.3) is 21.9 Å². The standard InChI is InChI=1S/C30H30N2O7/c1-3-34-30(33)39-28-16-22-15-23(10-11-24(22)38-28)36-19-27-20(2)29-25(8-4-9-26(29)37-27)35-14-6-13-32-18-21-7-5-12-31-17-21/h4-5,7-12,15-17,32H,3,6,13-14,18-19H2,1-2H3. The van der Waals surface area contributed by atoms with Crippen molar-refractivity contribution in [2.75, 3.05) is 19.8 Å². The van der Waals surface area contributed by atoms with Gasteiger partial charge in [-0.05, 0) is 68.8 Å². The number of aromatic nitrogens is 1. The fourth-order valence-electron chi connectivity index (χ4n) is 4.20. The summed E-state index contributed by atoms with van der Waals surface area (Å²) in [6.45, 7) is 6.37. The molecule has 5 rings (SSSR count). The minimum absolute atomic E-state index is 0.0607. The average molecular weight is 531 g/mol. The highest BCUT2D eigenvalue weighted by atomic mass is 16.8. The van der Waals surface area contributed by atoms with Crippen LogP contribution in [0, 0.1) is 6.92 Å². The van der Waals surface area contributed by atoms with E-state index in [0.717, 1.165) is 58.5 Å². The van der Waals surface area contributed by atoms with Gasteiger partial charge in [-0.3, -0.25) is 4.98 Å². The van der Waals surface area contributed by atoms with E-state index in [9.17, 15) is 4.79 Å². The minimum Gasteiger partial charge on any atom is -0.493 e. The van der Waals surface area contributed by atoms with E-state index in [0.29, 0.717) is 17.9 Å². The molecule has 0 spiro atoms. The van der Waals surface area contributed by atoms with E-state index in [1.54, 1.807) is 31.3 Å². The van der Waals surface area contributed by atoms with Crippen molar-refractivity contribution in [3.8, 4) is 17.4 Å². The Labute approximate surface area is 225 Å². The summed E-state index contributed by atoms with van der Waals surface area (Å²) in [7, 11) is 0. The third-order valence-electron chi connectivity index (χ3n) is 6.10. The predicted molar refractivity (Wildman–Crippen MR) is 145 cm³/mol.